The van der Waals surface area contributed by atoms with Crippen LogP contribution in [-0.2, 0) is 0 Å². The van der Waals surface area contributed by atoms with Crippen molar-refractivity contribution in [2.75, 3.05) is 5.32 Å². The van der Waals surface area contributed by atoms with Crippen molar-refractivity contribution in [3.8, 4) is 0 Å². The van der Waals surface area contributed by atoms with Crippen LogP contribution < -0.4 is 10.6 Å². The number of thiazole rings is 1. The molecule has 2 N–H and O–H groups in total. The van der Waals surface area contributed by atoms with Crippen LogP contribution in [0.2, 0.25) is 0 Å². The summed E-state index contributed by atoms with van der Waals surface area (Å²) in [5.41, 5.74) is 2.33. The number of carbonyl (C=O) groups excluding carboxylic acids is 1. The molecule has 1 unspecified atom stereocenters. The quantitative estimate of drug-likeness (QED) is 0.771. The first-order valence-electron chi connectivity index (χ1n) is 7.48. The van der Waals surface area contributed by atoms with E-state index < -0.39 is 0 Å². The Morgan fingerprint density at radius 1 is 1.48 bits per heavy atom. The first-order valence-corrected chi connectivity index (χ1v) is 8.36. The maximum Gasteiger partial charge on any atom is 0.319 e. The summed E-state index contributed by atoms with van der Waals surface area (Å²) in [5.74, 6) is 0.484. The molecule has 0 aliphatic heterocycles. The smallest absolute Gasteiger partial charge is 0.319 e. The van der Waals surface area contributed by atoms with Gasteiger partial charge in [-0.15, -0.1) is 11.3 Å². The van der Waals surface area contributed by atoms with Gasteiger partial charge in [0.2, 0.25) is 0 Å². The first-order chi connectivity index (χ1) is 11.2. The number of hydrogen-bond donors (Lipinski definition) is 2. The van der Waals surface area contributed by atoms with Gasteiger partial charge >= 0.3 is 6.03 Å². The summed E-state index contributed by atoms with van der Waals surface area (Å²) in [5, 5.41) is 13.0. The molecule has 4 rings (SSSR count). The van der Waals surface area contributed by atoms with E-state index in [1.807, 2.05) is 12.3 Å². The molecule has 0 radical (unpaired) electrons. The highest BCUT2D eigenvalue weighted by molar-refractivity contribution is 7.09. The number of urea groups is 1. The fourth-order valence-corrected chi connectivity index (χ4v) is 3.45. The Labute approximate surface area is 136 Å². The Bertz CT molecular complexity index is 852. The summed E-state index contributed by atoms with van der Waals surface area (Å²) in [4.78, 5) is 21.1. The fourth-order valence-electron chi connectivity index (χ4n) is 2.51. The molecule has 7 nitrogen and oxygen atoms in total. The zero-order valence-electron chi connectivity index (χ0n) is 12.6. The monoisotopic (exact) mass is 328 g/mol. The zero-order chi connectivity index (χ0) is 15.8. The molecule has 1 aliphatic carbocycles. The predicted octanol–water partition coefficient (Wildman–Crippen LogP) is 2.77. The van der Waals surface area contributed by atoms with E-state index in [0.717, 1.165) is 29.2 Å². The zero-order valence-corrected chi connectivity index (χ0v) is 13.4. The number of nitrogens with zero attached hydrogens (tertiary/aromatic N) is 4. The maximum atomic E-state index is 12.3. The van der Waals surface area contributed by atoms with Crippen molar-refractivity contribution in [2.24, 2.45) is 5.92 Å². The lowest BCUT2D eigenvalue weighted by Gasteiger charge is -2.16. The van der Waals surface area contributed by atoms with E-state index in [4.69, 9.17) is 0 Å². The van der Waals surface area contributed by atoms with Crippen molar-refractivity contribution in [3.05, 3.63) is 40.7 Å². The summed E-state index contributed by atoms with van der Waals surface area (Å²) >= 11 is 1.60. The van der Waals surface area contributed by atoms with Crippen LogP contribution in [0.4, 0.5) is 10.5 Å². The van der Waals surface area contributed by atoms with Crippen molar-refractivity contribution in [3.63, 3.8) is 0 Å². The molecule has 0 bridgehead atoms. The van der Waals surface area contributed by atoms with E-state index in [2.05, 4.69) is 25.7 Å². The predicted molar refractivity (Wildman–Crippen MR) is 87.5 cm³/mol. The van der Waals surface area contributed by atoms with Crippen LogP contribution in [0.3, 0.4) is 0 Å². The number of aromatic nitrogens is 4. The number of nitrogens with one attached hydrogen (secondary N) is 2. The number of amides is 2. The second kappa shape index (κ2) is 5.62. The standard InChI is InChI=1S/C15H16N6OS/c1-9-8-23-14(18-9)13(10-2-3-10)20-15(22)19-11-6-16-12-4-5-17-21(12)7-11/h4-8,10,13H,2-3H2,1H3,(H2,19,20,22). The number of anilines is 1. The summed E-state index contributed by atoms with van der Waals surface area (Å²) in [6.07, 6.45) is 7.28. The van der Waals surface area contributed by atoms with Gasteiger partial charge in [-0.2, -0.15) is 5.10 Å². The van der Waals surface area contributed by atoms with Gasteiger partial charge in [0.1, 0.15) is 5.01 Å². The third-order valence-electron chi connectivity index (χ3n) is 3.79. The highest BCUT2D eigenvalue weighted by Gasteiger charge is 2.35. The van der Waals surface area contributed by atoms with Crippen LogP contribution in [0, 0.1) is 12.8 Å². The minimum atomic E-state index is -0.247. The lowest BCUT2D eigenvalue weighted by atomic mass is 10.2. The fraction of sp³-hybridized carbons (Fsp3) is 0.333. The summed E-state index contributed by atoms with van der Waals surface area (Å²) in [6.45, 7) is 1.97. The number of fused-ring (bicyclic) bond motifs is 1. The molecule has 23 heavy (non-hydrogen) atoms. The molecule has 1 saturated carbocycles. The Hall–Kier alpha value is -2.48. The van der Waals surface area contributed by atoms with E-state index in [1.54, 1.807) is 40.5 Å². The van der Waals surface area contributed by atoms with Crippen LogP contribution in [0.1, 0.15) is 29.6 Å². The third-order valence-corrected chi connectivity index (χ3v) is 4.83. The van der Waals surface area contributed by atoms with Gasteiger partial charge in [0.05, 0.1) is 30.3 Å². The molecule has 3 aromatic rings. The van der Waals surface area contributed by atoms with Gasteiger partial charge in [0.15, 0.2) is 5.65 Å². The Balaban J connectivity index is 1.47. The summed E-state index contributed by atoms with van der Waals surface area (Å²) < 4.78 is 1.62. The number of aryl methyl sites for hydroxylation is 1. The minimum Gasteiger partial charge on any atom is -0.328 e. The Kier molecular flexibility index (Phi) is 3.45. The Morgan fingerprint density at radius 2 is 2.35 bits per heavy atom. The van der Waals surface area contributed by atoms with Crippen LogP contribution >= 0.6 is 11.3 Å². The molecule has 118 valence electrons. The molecule has 8 heteroatoms. The average Bonchev–Trinajstić information content (AvgIpc) is 3.11. The average molecular weight is 328 g/mol. The minimum absolute atomic E-state index is 0.0184. The number of rotatable bonds is 4. The molecule has 1 atom stereocenters. The molecule has 1 fully saturated rings. The topological polar surface area (TPSA) is 84.2 Å². The number of carbonyl (C=O) groups is 1. The van der Waals surface area contributed by atoms with Crippen molar-refractivity contribution in [2.45, 2.75) is 25.8 Å². The van der Waals surface area contributed by atoms with Gasteiger partial charge in [0.25, 0.3) is 0 Å². The van der Waals surface area contributed by atoms with Crippen LogP contribution in [0.15, 0.2) is 30.0 Å². The van der Waals surface area contributed by atoms with E-state index in [9.17, 15) is 4.79 Å². The lowest BCUT2D eigenvalue weighted by molar-refractivity contribution is 0.247. The third kappa shape index (κ3) is 3.02. The second-order valence-electron chi connectivity index (χ2n) is 5.72. The van der Waals surface area contributed by atoms with E-state index in [-0.39, 0.29) is 12.1 Å². The Morgan fingerprint density at radius 3 is 3.09 bits per heavy atom. The van der Waals surface area contributed by atoms with E-state index in [1.165, 1.54) is 0 Å². The van der Waals surface area contributed by atoms with Crippen molar-refractivity contribution >= 4 is 28.7 Å². The van der Waals surface area contributed by atoms with Gasteiger partial charge in [-0.3, -0.25) is 0 Å². The highest BCUT2D eigenvalue weighted by atomic mass is 32.1. The van der Waals surface area contributed by atoms with Gasteiger partial charge in [-0.1, -0.05) is 0 Å². The molecule has 1 aliphatic rings. The molecular weight excluding hydrogens is 312 g/mol. The van der Waals surface area contributed by atoms with Crippen LogP contribution in [-0.4, -0.2) is 25.6 Å². The molecule has 3 heterocycles. The summed E-state index contributed by atoms with van der Waals surface area (Å²) in [7, 11) is 0. The normalized spacial score (nSPS) is 15.5. The molecular formula is C15H16N6OS. The molecule has 0 aromatic carbocycles. The van der Waals surface area contributed by atoms with E-state index >= 15 is 0 Å². The maximum absolute atomic E-state index is 12.3. The van der Waals surface area contributed by atoms with Gasteiger partial charge in [-0.25, -0.2) is 19.3 Å². The van der Waals surface area contributed by atoms with Crippen molar-refractivity contribution in [1.82, 2.24) is 24.9 Å². The SMILES string of the molecule is Cc1csc(C(NC(=O)Nc2cnc3ccnn3c2)C2CC2)n1. The van der Waals surface area contributed by atoms with Gasteiger partial charge in [-0.05, 0) is 25.7 Å². The molecule has 2 amide bonds. The second-order valence-corrected chi connectivity index (χ2v) is 6.61. The molecule has 0 spiro atoms. The van der Waals surface area contributed by atoms with Crippen molar-refractivity contribution in [1.29, 1.82) is 0 Å². The number of hydrogen-bond acceptors (Lipinski definition) is 5. The lowest BCUT2D eigenvalue weighted by Crippen LogP contribution is -2.33. The molecule has 3 aromatic heterocycles. The largest absolute Gasteiger partial charge is 0.328 e. The van der Waals surface area contributed by atoms with Crippen LogP contribution in [0.25, 0.3) is 5.65 Å². The van der Waals surface area contributed by atoms with E-state index in [0.29, 0.717) is 11.6 Å². The van der Waals surface area contributed by atoms with Gasteiger partial charge < -0.3 is 10.6 Å². The molecule has 0 saturated heterocycles. The first kappa shape index (κ1) is 14.1. The summed E-state index contributed by atoms with van der Waals surface area (Å²) in [6, 6.07) is 1.54. The van der Waals surface area contributed by atoms with Crippen molar-refractivity contribution < 1.29 is 4.79 Å². The van der Waals surface area contributed by atoms with Crippen LogP contribution in [0.5, 0.6) is 0 Å². The van der Waals surface area contributed by atoms with Gasteiger partial charge in [0, 0.05) is 17.1 Å². The highest BCUT2D eigenvalue weighted by Crippen LogP contribution is 2.41.